The molecule has 0 heterocycles. The molecule has 0 aliphatic rings. The highest BCUT2D eigenvalue weighted by Crippen LogP contribution is 2.29. The van der Waals surface area contributed by atoms with Crippen LogP contribution in [-0.2, 0) is 10.0 Å². The summed E-state index contributed by atoms with van der Waals surface area (Å²) in [5, 5.41) is 0. The van der Waals surface area contributed by atoms with Crippen molar-refractivity contribution in [2.75, 3.05) is 12.8 Å². The minimum Gasteiger partial charge on any atom is -0.399 e. The van der Waals surface area contributed by atoms with Crippen LogP contribution in [0.25, 0.3) is 0 Å². The number of nitrogens with two attached hydrogens (primary N) is 1. The van der Waals surface area contributed by atoms with E-state index in [1.807, 2.05) is 13.8 Å². The number of anilines is 1. The van der Waals surface area contributed by atoms with Gasteiger partial charge in [0.25, 0.3) is 0 Å². The number of benzene rings is 1. The molecule has 0 saturated heterocycles. The number of sulfonamides is 1. The van der Waals surface area contributed by atoms with Crippen molar-refractivity contribution < 1.29 is 12.8 Å². The van der Waals surface area contributed by atoms with Crippen LogP contribution in [0.5, 0.6) is 0 Å². The maximum absolute atomic E-state index is 14.0. The van der Waals surface area contributed by atoms with Crippen molar-refractivity contribution in [3.63, 3.8) is 0 Å². The summed E-state index contributed by atoms with van der Waals surface area (Å²) in [6.45, 7) is 5.59. The van der Waals surface area contributed by atoms with Crippen LogP contribution in [0.1, 0.15) is 20.8 Å². The normalized spacial score (nSPS) is 14.1. The molecule has 2 N–H and O–H groups in total. The zero-order valence-electron chi connectivity index (χ0n) is 11.3. The number of nitrogen functional groups attached to an aromatic ring is 1. The summed E-state index contributed by atoms with van der Waals surface area (Å²) in [6.07, 6.45) is 0. The van der Waals surface area contributed by atoms with Gasteiger partial charge in [0.1, 0.15) is 4.90 Å². The molecule has 1 rings (SSSR count). The molecule has 7 heteroatoms. The highest BCUT2D eigenvalue weighted by atomic mass is 79.9. The van der Waals surface area contributed by atoms with Gasteiger partial charge in [0.15, 0.2) is 5.82 Å². The van der Waals surface area contributed by atoms with Gasteiger partial charge in [-0.1, -0.05) is 13.8 Å². The third-order valence-corrected chi connectivity index (χ3v) is 5.73. The van der Waals surface area contributed by atoms with E-state index in [-0.39, 0.29) is 22.1 Å². The van der Waals surface area contributed by atoms with E-state index in [0.29, 0.717) is 0 Å². The standard InChI is InChI=1S/C12H18BrFN2O2S/c1-7(2)8(3)16(4)19(17,18)11-6-9(15)5-10(13)12(11)14/h5-8H,15H2,1-4H3. The van der Waals surface area contributed by atoms with Gasteiger partial charge in [-0.15, -0.1) is 0 Å². The zero-order chi connectivity index (χ0) is 15.0. The fraction of sp³-hybridized carbons (Fsp3) is 0.500. The van der Waals surface area contributed by atoms with Gasteiger partial charge < -0.3 is 5.73 Å². The highest BCUT2D eigenvalue weighted by Gasteiger charge is 2.30. The molecule has 0 aliphatic heterocycles. The van der Waals surface area contributed by atoms with Crippen LogP contribution < -0.4 is 5.73 Å². The molecule has 0 saturated carbocycles. The predicted octanol–water partition coefficient (Wildman–Crippen LogP) is 2.84. The minimum atomic E-state index is -3.91. The summed E-state index contributed by atoms with van der Waals surface area (Å²) in [5.74, 6) is -0.704. The van der Waals surface area contributed by atoms with Crippen LogP contribution in [0.15, 0.2) is 21.5 Å². The Morgan fingerprint density at radius 2 is 1.84 bits per heavy atom. The molecule has 0 aliphatic carbocycles. The molecule has 19 heavy (non-hydrogen) atoms. The van der Waals surface area contributed by atoms with E-state index in [2.05, 4.69) is 15.9 Å². The van der Waals surface area contributed by atoms with Gasteiger partial charge in [-0.25, -0.2) is 12.8 Å². The topological polar surface area (TPSA) is 63.4 Å². The van der Waals surface area contributed by atoms with Crippen LogP contribution in [0.4, 0.5) is 10.1 Å². The Morgan fingerprint density at radius 1 is 1.32 bits per heavy atom. The quantitative estimate of drug-likeness (QED) is 0.847. The van der Waals surface area contributed by atoms with Gasteiger partial charge in [0.05, 0.1) is 4.47 Å². The van der Waals surface area contributed by atoms with E-state index in [9.17, 15) is 12.8 Å². The molecule has 0 aromatic heterocycles. The Kier molecular flexibility index (Phi) is 4.97. The summed E-state index contributed by atoms with van der Waals surface area (Å²) >= 11 is 2.97. The van der Waals surface area contributed by atoms with Crippen molar-refractivity contribution in [1.29, 1.82) is 0 Å². The first-order chi connectivity index (χ1) is 8.59. The molecular weight excluding hydrogens is 335 g/mol. The molecule has 1 aromatic rings. The van der Waals surface area contributed by atoms with Crippen LogP contribution >= 0.6 is 15.9 Å². The molecule has 4 nitrogen and oxygen atoms in total. The van der Waals surface area contributed by atoms with Crippen LogP contribution in [0.2, 0.25) is 0 Å². The third-order valence-electron chi connectivity index (χ3n) is 3.21. The van der Waals surface area contributed by atoms with Crippen molar-refractivity contribution in [2.45, 2.75) is 31.7 Å². The molecular formula is C12H18BrFN2O2S. The van der Waals surface area contributed by atoms with E-state index in [1.165, 1.54) is 17.4 Å². The second-order valence-corrected chi connectivity index (χ2v) is 7.64. The van der Waals surface area contributed by atoms with Crippen LogP contribution in [0, 0.1) is 11.7 Å². The van der Waals surface area contributed by atoms with Crippen LogP contribution in [-0.4, -0.2) is 25.8 Å². The first-order valence-electron chi connectivity index (χ1n) is 5.81. The maximum atomic E-state index is 14.0. The average Bonchev–Trinajstić information content (AvgIpc) is 2.31. The van der Waals surface area contributed by atoms with Crippen molar-refractivity contribution in [2.24, 2.45) is 5.92 Å². The summed E-state index contributed by atoms with van der Waals surface area (Å²) in [6, 6.07) is 2.23. The smallest absolute Gasteiger partial charge is 0.246 e. The Bertz CT molecular complexity index is 575. The molecule has 108 valence electrons. The van der Waals surface area contributed by atoms with Gasteiger partial charge in [0.2, 0.25) is 10.0 Å². The number of nitrogens with zero attached hydrogens (tertiary/aromatic N) is 1. The van der Waals surface area contributed by atoms with E-state index in [4.69, 9.17) is 5.73 Å². The lowest BCUT2D eigenvalue weighted by Gasteiger charge is -2.27. The number of hydrogen-bond acceptors (Lipinski definition) is 3. The maximum Gasteiger partial charge on any atom is 0.246 e. The van der Waals surface area contributed by atoms with Gasteiger partial charge >= 0.3 is 0 Å². The fourth-order valence-electron chi connectivity index (χ4n) is 1.57. The molecule has 1 atom stereocenters. The van der Waals surface area contributed by atoms with Crippen molar-refractivity contribution >= 4 is 31.6 Å². The molecule has 0 fully saturated rings. The van der Waals surface area contributed by atoms with Gasteiger partial charge in [0, 0.05) is 18.8 Å². The Hall–Kier alpha value is -0.660. The van der Waals surface area contributed by atoms with E-state index in [0.717, 1.165) is 6.07 Å². The van der Waals surface area contributed by atoms with Crippen LogP contribution in [0.3, 0.4) is 0 Å². The largest absolute Gasteiger partial charge is 0.399 e. The van der Waals surface area contributed by atoms with Gasteiger partial charge in [-0.3, -0.25) is 0 Å². The summed E-state index contributed by atoms with van der Waals surface area (Å²) in [5.41, 5.74) is 5.77. The monoisotopic (exact) mass is 352 g/mol. The molecule has 1 unspecified atom stereocenters. The Balaban J connectivity index is 3.36. The van der Waals surface area contributed by atoms with Gasteiger partial charge in [-0.05, 0) is 40.9 Å². The lowest BCUT2D eigenvalue weighted by atomic mass is 10.1. The number of rotatable bonds is 4. The van der Waals surface area contributed by atoms with E-state index in [1.54, 1.807) is 6.92 Å². The first-order valence-corrected chi connectivity index (χ1v) is 8.05. The molecule has 0 bridgehead atoms. The average molecular weight is 353 g/mol. The molecule has 1 aromatic carbocycles. The number of hydrogen-bond donors (Lipinski definition) is 1. The highest BCUT2D eigenvalue weighted by molar-refractivity contribution is 9.10. The minimum absolute atomic E-state index is 0.0386. The van der Waals surface area contributed by atoms with Gasteiger partial charge in [-0.2, -0.15) is 4.31 Å². The van der Waals surface area contributed by atoms with E-state index >= 15 is 0 Å². The summed E-state index contributed by atoms with van der Waals surface area (Å²) < 4.78 is 40.0. The zero-order valence-corrected chi connectivity index (χ0v) is 13.7. The molecule has 0 amide bonds. The van der Waals surface area contributed by atoms with Crippen molar-refractivity contribution in [3.8, 4) is 0 Å². The second-order valence-electron chi connectivity index (χ2n) is 4.82. The Morgan fingerprint density at radius 3 is 2.32 bits per heavy atom. The third kappa shape index (κ3) is 3.27. The number of halogens is 2. The SMILES string of the molecule is CC(C)C(C)N(C)S(=O)(=O)c1cc(N)cc(Br)c1F. The Labute approximate surface area is 122 Å². The van der Waals surface area contributed by atoms with E-state index < -0.39 is 20.7 Å². The lowest BCUT2D eigenvalue weighted by molar-refractivity contribution is 0.314. The molecule has 0 spiro atoms. The summed E-state index contributed by atoms with van der Waals surface area (Å²) in [7, 11) is -2.47. The van der Waals surface area contributed by atoms with Crippen molar-refractivity contribution in [1.82, 2.24) is 4.31 Å². The first kappa shape index (κ1) is 16.4. The molecule has 0 radical (unpaired) electrons. The fourth-order valence-corrected chi connectivity index (χ4v) is 3.79. The lowest BCUT2D eigenvalue weighted by Crippen LogP contribution is -2.38. The summed E-state index contributed by atoms with van der Waals surface area (Å²) in [4.78, 5) is -0.408. The van der Waals surface area contributed by atoms with Crippen molar-refractivity contribution in [3.05, 3.63) is 22.4 Å². The predicted molar refractivity (Wildman–Crippen MR) is 77.8 cm³/mol. The second kappa shape index (κ2) is 5.76.